The van der Waals surface area contributed by atoms with Crippen LogP contribution in [0.4, 0.5) is 0 Å². The lowest BCUT2D eigenvalue weighted by Crippen LogP contribution is -2.13. The second kappa shape index (κ2) is 7.94. The Morgan fingerprint density at radius 3 is 2.48 bits per heavy atom. The van der Waals surface area contributed by atoms with Gasteiger partial charge in [0, 0.05) is 24.5 Å². The second-order valence-corrected chi connectivity index (χ2v) is 5.69. The normalized spacial score (nSPS) is 12.3. The van der Waals surface area contributed by atoms with Gasteiger partial charge in [0.2, 0.25) is 0 Å². The molecule has 1 aromatic heterocycles. The van der Waals surface area contributed by atoms with Gasteiger partial charge >= 0.3 is 0 Å². The summed E-state index contributed by atoms with van der Waals surface area (Å²) in [5.41, 5.74) is 5.09. The van der Waals surface area contributed by atoms with E-state index in [1.807, 2.05) is 12.4 Å². The SMILES string of the molecule is CCCNCc1cncc(-c2ccc(C(C)CC)cc2)c1. The van der Waals surface area contributed by atoms with Crippen molar-refractivity contribution >= 4 is 0 Å². The maximum Gasteiger partial charge on any atom is 0.0346 e. The molecule has 0 fully saturated rings. The van der Waals surface area contributed by atoms with Gasteiger partial charge in [0.05, 0.1) is 0 Å². The molecule has 1 aromatic carbocycles. The van der Waals surface area contributed by atoms with Gasteiger partial charge in [0.25, 0.3) is 0 Å². The molecule has 1 atom stereocenters. The van der Waals surface area contributed by atoms with Gasteiger partial charge in [0.1, 0.15) is 0 Å². The topological polar surface area (TPSA) is 24.9 Å². The van der Waals surface area contributed by atoms with Crippen LogP contribution < -0.4 is 5.32 Å². The lowest BCUT2D eigenvalue weighted by atomic mass is 9.96. The molecule has 1 heterocycles. The zero-order valence-electron chi connectivity index (χ0n) is 13.4. The highest BCUT2D eigenvalue weighted by molar-refractivity contribution is 5.63. The smallest absolute Gasteiger partial charge is 0.0346 e. The summed E-state index contributed by atoms with van der Waals surface area (Å²) >= 11 is 0. The Kier molecular flexibility index (Phi) is 5.94. The molecule has 112 valence electrons. The first-order chi connectivity index (χ1) is 10.2. The van der Waals surface area contributed by atoms with Crippen molar-refractivity contribution in [3.63, 3.8) is 0 Å². The van der Waals surface area contributed by atoms with Gasteiger partial charge in [-0.2, -0.15) is 0 Å². The third kappa shape index (κ3) is 4.40. The monoisotopic (exact) mass is 282 g/mol. The van der Waals surface area contributed by atoms with Crippen LogP contribution in [-0.2, 0) is 6.54 Å². The van der Waals surface area contributed by atoms with Crippen LogP contribution in [0.5, 0.6) is 0 Å². The molecular formula is C19H26N2. The number of rotatable bonds is 7. The van der Waals surface area contributed by atoms with Crippen molar-refractivity contribution in [3.05, 3.63) is 53.9 Å². The lowest BCUT2D eigenvalue weighted by Gasteiger charge is -2.10. The standard InChI is InChI=1S/C19H26N2/c1-4-10-20-12-16-11-19(14-21-13-16)18-8-6-17(7-9-18)15(3)5-2/h6-9,11,13-15,20H,4-5,10,12H2,1-3H3. The van der Waals surface area contributed by atoms with Crippen molar-refractivity contribution < 1.29 is 0 Å². The van der Waals surface area contributed by atoms with Crippen LogP contribution in [-0.4, -0.2) is 11.5 Å². The third-order valence-corrected chi connectivity index (χ3v) is 3.98. The van der Waals surface area contributed by atoms with Crippen LogP contribution in [0.2, 0.25) is 0 Å². The highest BCUT2D eigenvalue weighted by atomic mass is 14.8. The van der Waals surface area contributed by atoms with E-state index in [2.05, 4.69) is 61.4 Å². The lowest BCUT2D eigenvalue weighted by molar-refractivity contribution is 0.674. The maximum atomic E-state index is 4.37. The van der Waals surface area contributed by atoms with Crippen LogP contribution in [0.25, 0.3) is 11.1 Å². The van der Waals surface area contributed by atoms with Gasteiger partial charge in [-0.1, -0.05) is 45.0 Å². The van der Waals surface area contributed by atoms with E-state index in [1.165, 1.54) is 28.7 Å². The largest absolute Gasteiger partial charge is 0.313 e. The predicted molar refractivity (Wildman–Crippen MR) is 90.4 cm³/mol. The Bertz CT molecular complexity index is 546. The average Bonchev–Trinajstić information content (AvgIpc) is 2.55. The fourth-order valence-corrected chi connectivity index (χ4v) is 2.39. The Labute approximate surface area is 128 Å². The van der Waals surface area contributed by atoms with Gasteiger partial charge in [-0.15, -0.1) is 0 Å². The number of pyridine rings is 1. The summed E-state index contributed by atoms with van der Waals surface area (Å²) in [6.07, 6.45) is 6.23. The Balaban J connectivity index is 2.12. The number of hydrogen-bond donors (Lipinski definition) is 1. The molecule has 0 amide bonds. The van der Waals surface area contributed by atoms with Crippen molar-refractivity contribution in [2.24, 2.45) is 0 Å². The molecule has 2 aromatic rings. The van der Waals surface area contributed by atoms with Crippen molar-refractivity contribution in [2.45, 2.75) is 46.1 Å². The van der Waals surface area contributed by atoms with E-state index in [0.717, 1.165) is 19.5 Å². The molecule has 0 aliphatic rings. The number of hydrogen-bond acceptors (Lipinski definition) is 2. The summed E-state index contributed by atoms with van der Waals surface area (Å²) in [5.74, 6) is 0.627. The van der Waals surface area contributed by atoms with Crippen LogP contribution in [0.1, 0.15) is 50.7 Å². The van der Waals surface area contributed by atoms with Crippen molar-refractivity contribution in [1.82, 2.24) is 10.3 Å². The zero-order chi connectivity index (χ0) is 15.1. The Morgan fingerprint density at radius 2 is 1.81 bits per heavy atom. The summed E-state index contributed by atoms with van der Waals surface area (Å²) in [4.78, 5) is 4.37. The minimum atomic E-state index is 0.627. The van der Waals surface area contributed by atoms with Crippen LogP contribution in [0, 0.1) is 0 Å². The van der Waals surface area contributed by atoms with E-state index in [0.29, 0.717) is 5.92 Å². The highest BCUT2D eigenvalue weighted by Crippen LogP contribution is 2.24. The molecule has 0 saturated carbocycles. The summed E-state index contributed by atoms with van der Waals surface area (Å²) in [6, 6.07) is 11.1. The molecular weight excluding hydrogens is 256 g/mol. The first kappa shape index (κ1) is 15.7. The van der Waals surface area contributed by atoms with Crippen molar-refractivity contribution in [3.8, 4) is 11.1 Å². The van der Waals surface area contributed by atoms with Gasteiger partial charge in [-0.05, 0) is 48.1 Å². The summed E-state index contributed by atoms with van der Waals surface area (Å²) in [6.45, 7) is 8.62. The fraction of sp³-hybridized carbons (Fsp3) is 0.421. The van der Waals surface area contributed by atoms with Gasteiger partial charge in [-0.25, -0.2) is 0 Å². The summed E-state index contributed by atoms with van der Waals surface area (Å²) in [7, 11) is 0. The number of benzene rings is 1. The second-order valence-electron chi connectivity index (χ2n) is 5.69. The number of nitrogens with one attached hydrogen (secondary N) is 1. The molecule has 1 N–H and O–H groups in total. The van der Waals surface area contributed by atoms with E-state index < -0.39 is 0 Å². The first-order valence-electron chi connectivity index (χ1n) is 7.99. The summed E-state index contributed by atoms with van der Waals surface area (Å²) < 4.78 is 0. The molecule has 0 aliphatic carbocycles. The average molecular weight is 282 g/mol. The predicted octanol–water partition coefficient (Wildman–Crippen LogP) is 4.76. The van der Waals surface area contributed by atoms with Gasteiger partial charge < -0.3 is 5.32 Å². The molecule has 2 rings (SSSR count). The van der Waals surface area contributed by atoms with Crippen molar-refractivity contribution in [1.29, 1.82) is 0 Å². The Hall–Kier alpha value is -1.67. The molecule has 21 heavy (non-hydrogen) atoms. The number of aromatic nitrogens is 1. The molecule has 0 saturated heterocycles. The quantitative estimate of drug-likeness (QED) is 0.740. The number of nitrogens with zero attached hydrogens (tertiary/aromatic N) is 1. The van der Waals surface area contributed by atoms with Crippen LogP contribution in [0.15, 0.2) is 42.7 Å². The third-order valence-electron chi connectivity index (χ3n) is 3.98. The maximum absolute atomic E-state index is 4.37. The van der Waals surface area contributed by atoms with Gasteiger partial charge in [0.15, 0.2) is 0 Å². The minimum Gasteiger partial charge on any atom is -0.313 e. The van der Waals surface area contributed by atoms with Gasteiger partial charge in [-0.3, -0.25) is 4.98 Å². The van der Waals surface area contributed by atoms with E-state index in [1.54, 1.807) is 0 Å². The molecule has 0 radical (unpaired) electrons. The molecule has 0 spiro atoms. The van der Waals surface area contributed by atoms with E-state index in [4.69, 9.17) is 0 Å². The Morgan fingerprint density at radius 1 is 1.05 bits per heavy atom. The van der Waals surface area contributed by atoms with E-state index in [-0.39, 0.29) is 0 Å². The van der Waals surface area contributed by atoms with E-state index >= 15 is 0 Å². The van der Waals surface area contributed by atoms with Crippen LogP contribution in [0.3, 0.4) is 0 Å². The first-order valence-corrected chi connectivity index (χ1v) is 7.99. The zero-order valence-corrected chi connectivity index (χ0v) is 13.4. The van der Waals surface area contributed by atoms with Crippen molar-refractivity contribution in [2.75, 3.05) is 6.54 Å². The fourth-order valence-electron chi connectivity index (χ4n) is 2.39. The van der Waals surface area contributed by atoms with Crippen LogP contribution >= 0.6 is 0 Å². The van der Waals surface area contributed by atoms with E-state index in [9.17, 15) is 0 Å². The molecule has 2 nitrogen and oxygen atoms in total. The summed E-state index contributed by atoms with van der Waals surface area (Å²) in [5, 5.41) is 3.42. The molecule has 1 unspecified atom stereocenters. The molecule has 0 aliphatic heterocycles. The minimum absolute atomic E-state index is 0.627. The molecule has 0 bridgehead atoms. The highest BCUT2D eigenvalue weighted by Gasteiger charge is 2.04. The molecule has 2 heteroatoms.